The lowest BCUT2D eigenvalue weighted by Gasteiger charge is -2.17. The summed E-state index contributed by atoms with van der Waals surface area (Å²) >= 11 is 0. The van der Waals surface area contributed by atoms with Gasteiger partial charge in [-0.05, 0) is 33.9 Å². The van der Waals surface area contributed by atoms with Crippen LogP contribution >= 0.6 is 0 Å². The van der Waals surface area contributed by atoms with Crippen LogP contribution in [-0.2, 0) is 17.8 Å². The molecule has 0 aromatic carbocycles. The fraction of sp³-hybridized carbons (Fsp3) is 0.750. The largest absolute Gasteiger partial charge is 0.465 e. The fourth-order valence-electron chi connectivity index (χ4n) is 1.95. The zero-order chi connectivity index (χ0) is 15.1. The van der Waals surface area contributed by atoms with Gasteiger partial charge in [0.15, 0.2) is 0 Å². The molecule has 1 heterocycles. The van der Waals surface area contributed by atoms with Crippen LogP contribution in [0.5, 0.6) is 0 Å². The first-order valence-corrected chi connectivity index (χ1v) is 7.50. The molecule has 1 aromatic heterocycles. The molecule has 1 aromatic rings. The molecule has 0 radical (unpaired) electrons. The molecule has 4 heteroatoms. The molecule has 0 spiro atoms. The van der Waals surface area contributed by atoms with Crippen molar-refractivity contribution in [2.45, 2.75) is 59.9 Å². The van der Waals surface area contributed by atoms with Gasteiger partial charge >= 0.3 is 0 Å². The summed E-state index contributed by atoms with van der Waals surface area (Å²) in [6.45, 7) is 13.8. The molecule has 116 valence electrons. The summed E-state index contributed by atoms with van der Waals surface area (Å²) in [5, 5.41) is 3.38. The number of furan rings is 1. The summed E-state index contributed by atoms with van der Waals surface area (Å²) in [4.78, 5) is 2.26. The molecule has 1 N–H and O–H groups in total. The Morgan fingerprint density at radius 1 is 1.30 bits per heavy atom. The van der Waals surface area contributed by atoms with Crippen molar-refractivity contribution in [2.75, 3.05) is 20.2 Å². The molecule has 0 amide bonds. The third kappa shape index (κ3) is 6.55. The Morgan fingerprint density at radius 3 is 2.60 bits per heavy atom. The van der Waals surface area contributed by atoms with Gasteiger partial charge in [-0.3, -0.25) is 4.90 Å². The molecule has 0 fully saturated rings. The lowest BCUT2D eigenvalue weighted by Crippen LogP contribution is -2.24. The van der Waals surface area contributed by atoms with Crippen molar-refractivity contribution in [1.82, 2.24) is 10.2 Å². The molecule has 0 saturated carbocycles. The number of rotatable bonds is 9. The predicted octanol–water partition coefficient (Wildman–Crippen LogP) is 2.94. The monoisotopic (exact) mass is 282 g/mol. The molecular formula is C16H30N2O2. The van der Waals surface area contributed by atoms with Crippen molar-refractivity contribution in [1.29, 1.82) is 0 Å². The van der Waals surface area contributed by atoms with E-state index in [9.17, 15) is 0 Å². The molecule has 0 atom stereocenters. The van der Waals surface area contributed by atoms with Gasteiger partial charge in [0.25, 0.3) is 0 Å². The summed E-state index contributed by atoms with van der Waals surface area (Å²) in [6, 6.07) is 2.63. The van der Waals surface area contributed by atoms with Crippen LogP contribution in [0.2, 0.25) is 0 Å². The highest BCUT2D eigenvalue weighted by Crippen LogP contribution is 2.16. The van der Waals surface area contributed by atoms with Crippen LogP contribution in [0.3, 0.4) is 0 Å². The van der Waals surface area contributed by atoms with Crippen molar-refractivity contribution in [3.05, 3.63) is 23.2 Å². The maximum Gasteiger partial charge on any atom is 0.118 e. The van der Waals surface area contributed by atoms with Gasteiger partial charge in [0.1, 0.15) is 11.5 Å². The molecule has 20 heavy (non-hydrogen) atoms. The van der Waals surface area contributed by atoms with E-state index in [1.54, 1.807) is 0 Å². The van der Waals surface area contributed by atoms with Crippen molar-refractivity contribution in [3.8, 4) is 0 Å². The second-order valence-corrected chi connectivity index (χ2v) is 5.99. The Bertz CT molecular complexity index is 386. The van der Waals surface area contributed by atoms with Gasteiger partial charge in [-0.25, -0.2) is 0 Å². The topological polar surface area (TPSA) is 37.6 Å². The first kappa shape index (κ1) is 17.2. The fourth-order valence-corrected chi connectivity index (χ4v) is 1.95. The van der Waals surface area contributed by atoms with Crippen molar-refractivity contribution >= 4 is 0 Å². The standard InChI is InChI=1S/C16H30N2O2/c1-12(2)17-10-16-9-15(14(5)20-16)11-18(6)7-8-19-13(3)4/h9,12-13,17H,7-8,10-11H2,1-6H3. The average Bonchev–Trinajstić information content (AvgIpc) is 2.67. The molecule has 0 saturated heterocycles. The van der Waals surface area contributed by atoms with E-state index in [-0.39, 0.29) is 0 Å². The Hall–Kier alpha value is -0.840. The van der Waals surface area contributed by atoms with Crippen LogP contribution < -0.4 is 5.32 Å². The Kier molecular flexibility index (Phi) is 7.27. The Balaban J connectivity index is 2.42. The lowest BCUT2D eigenvalue weighted by molar-refractivity contribution is 0.0626. The minimum absolute atomic E-state index is 0.299. The number of aryl methyl sites for hydroxylation is 1. The van der Waals surface area contributed by atoms with E-state index in [2.05, 4.69) is 51.0 Å². The summed E-state index contributed by atoms with van der Waals surface area (Å²) < 4.78 is 11.4. The van der Waals surface area contributed by atoms with Crippen molar-refractivity contribution in [3.63, 3.8) is 0 Å². The zero-order valence-electron chi connectivity index (χ0n) is 13.8. The van der Waals surface area contributed by atoms with E-state index in [0.29, 0.717) is 12.1 Å². The van der Waals surface area contributed by atoms with Crippen LogP contribution in [0, 0.1) is 6.92 Å². The van der Waals surface area contributed by atoms with Crippen LogP contribution in [0.4, 0.5) is 0 Å². The number of hydrogen-bond acceptors (Lipinski definition) is 4. The van der Waals surface area contributed by atoms with Gasteiger partial charge in [-0.2, -0.15) is 0 Å². The minimum atomic E-state index is 0.299. The average molecular weight is 282 g/mol. The van der Waals surface area contributed by atoms with E-state index in [4.69, 9.17) is 9.15 Å². The Labute approximate surface area is 123 Å². The number of hydrogen-bond donors (Lipinski definition) is 1. The molecule has 0 unspecified atom stereocenters. The van der Waals surface area contributed by atoms with E-state index in [1.165, 1.54) is 5.56 Å². The van der Waals surface area contributed by atoms with Gasteiger partial charge in [0.05, 0.1) is 19.3 Å². The molecule has 0 aliphatic heterocycles. The highest BCUT2D eigenvalue weighted by atomic mass is 16.5. The SMILES string of the molecule is Cc1oc(CNC(C)C)cc1CN(C)CCOC(C)C. The van der Waals surface area contributed by atoms with Gasteiger partial charge in [-0.1, -0.05) is 13.8 Å². The molecule has 1 rings (SSSR count). The first-order valence-electron chi connectivity index (χ1n) is 7.50. The summed E-state index contributed by atoms with van der Waals surface area (Å²) in [5.74, 6) is 2.03. The molecule has 0 bridgehead atoms. The highest BCUT2D eigenvalue weighted by Gasteiger charge is 2.10. The maximum absolute atomic E-state index is 5.79. The van der Waals surface area contributed by atoms with Gasteiger partial charge in [0, 0.05) is 24.7 Å². The van der Waals surface area contributed by atoms with Gasteiger partial charge in [-0.15, -0.1) is 0 Å². The lowest BCUT2D eigenvalue weighted by atomic mass is 10.2. The number of likely N-dealkylation sites (N-methyl/N-ethyl adjacent to an activating group) is 1. The third-order valence-electron chi connectivity index (χ3n) is 3.12. The van der Waals surface area contributed by atoms with E-state index < -0.39 is 0 Å². The van der Waals surface area contributed by atoms with Crippen molar-refractivity contribution in [2.24, 2.45) is 0 Å². The third-order valence-corrected chi connectivity index (χ3v) is 3.12. The highest BCUT2D eigenvalue weighted by molar-refractivity contribution is 5.20. The summed E-state index contributed by atoms with van der Waals surface area (Å²) in [6.07, 6.45) is 0.299. The molecule has 0 aliphatic carbocycles. The number of ether oxygens (including phenoxy) is 1. The van der Waals surface area contributed by atoms with E-state index in [1.807, 2.05) is 6.92 Å². The van der Waals surface area contributed by atoms with Crippen LogP contribution in [-0.4, -0.2) is 37.2 Å². The normalized spacial score (nSPS) is 12.1. The Morgan fingerprint density at radius 2 is 2.00 bits per heavy atom. The maximum atomic E-state index is 5.79. The first-order chi connectivity index (χ1) is 9.38. The smallest absolute Gasteiger partial charge is 0.118 e. The quantitative estimate of drug-likeness (QED) is 0.755. The predicted molar refractivity (Wildman–Crippen MR) is 82.8 cm³/mol. The van der Waals surface area contributed by atoms with E-state index in [0.717, 1.165) is 37.8 Å². The summed E-state index contributed by atoms with van der Waals surface area (Å²) in [7, 11) is 2.11. The molecule has 4 nitrogen and oxygen atoms in total. The van der Waals surface area contributed by atoms with Crippen LogP contribution in [0.1, 0.15) is 44.8 Å². The number of nitrogens with one attached hydrogen (secondary N) is 1. The van der Waals surface area contributed by atoms with Gasteiger partial charge in [0.2, 0.25) is 0 Å². The summed E-state index contributed by atoms with van der Waals surface area (Å²) in [5.41, 5.74) is 1.26. The zero-order valence-corrected chi connectivity index (χ0v) is 13.8. The molecule has 0 aliphatic rings. The van der Waals surface area contributed by atoms with Crippen LogP contribution in [0.15, 0.2) is 10.5 Å². The second kappa shape index (κ2) is 8.45. The van der Waals surface area contributed by atoms with Crippen molar-refractivity contribution < 1.29 is 9.15 Å². The van der Waals surface area contributed by atoms with Gasteiger partial charge < -0.3 is 14.5 Å². The molecular weight excluding hydrogens is 252 g/mol. The second-order valence-electron chi connectivity index (χ2n) is 5.99. The van der Waals surface area contributed by atoms with E-state index >= 15 is 0 Å². The minimum Gasteiger partial charge on any atom is -0.465 e. The number of nitrogens with zero attached hydrogens (tertiary/aromatic N) is 1. The van der Waals surface area contributed by atoms with Crippen LogP contribution in [0.25, 0.3) is 0 Å².